The van der Waals surface area contributed by atoms with Crippen molar-refractivity contribution in [3.8, 4) is 0 Å². The van der Waals surface area contributed by atoms with E-state index < -0.39 is 0 Å². The molecule has 1 aromatic heterocycles. The predicted molar refractivity (Wildman–Crippen MR) is 83.4 cm³/mol. The minimum atomic E-state index is 0.429. The number of hydrogen-bond donors (Lipinski definition) is 3. The van der Waals surface area contributed by atoms with E-state index in [1.54, 1.807) is 0 Å². The van der Waals surface area contributed by atoms with Crippen LogP contribution in [-0.2, 0) is 0 Å². The van der Waals surface area contributed by atoms with Gasteiger partial charge in [0, 0.05) is 11.9 Å². The fraction of sp³-hybridized carbons (Fsp3) is 0.385. The van der Waals surface area contributed by atoms with E-state index in [1.807, 2.05) is 36.0 Å². The summed E-state index contributed by atoms with van der Waals surface area (Å²) in [7, 11) is 0. The van der Waals surface area contributed by atoms with E-state index in [2.05, 4.69) is 33.9 Å². The standard InChI is InChI=1S/C13H19N5S/c1-9(8-19-2)7-15-12-10-5-3-4-6-11(10)16-13(17-12)18-14/h3-6,9H,7-8,14H2,1-2H3,(H2,15,16,17,18). The molecule has 2 aromatic rings. The van der Waals surface area contributed by atoms with Crippen molar-refractivity contribution in [2.75, 3.05) is 29.3 Å². The van der Waals surface area contributed by atoms with E-state index >= 15 is 0 Å². The predicted octanol–water partition coefficient (Wildman–Crippen LogP) is 2.33. The van der Waals surface area contributed by atoms with Crippen molar-refractivity contribution in [2.45, 2.75) is 6.92 Å². The van der Waals surface area contributed by atoms with Gasteiger partial charge in [0.1, 0.15) is 5.82 Å². The number of hydrazine groups is 1. The molecule has 0 aliphatic heterocycles. The Morgan fingerprint density at radius 1 is 1.32 bits per heavy atom. The number of fused-ring (bicyclic) bond motifs is 1. The van der Waals surface area contributed by atoms with Crippen molar-refractivity contribution in [3.63, 3.8) is 0 Å². The maximum atomic E-state index is 5.41. The van der Waals surface area contributed by atoms with Crippen molar-refractivity contribution in [2.24, 2.45) is 11.8 Å². The Morgan fingerprint density at radius 2 is 2.11 bits per heavy atom. The smallest absolute Gasteiger partial charge is 0.239 e. The molecule has 0 aliphatic rings. The largest absolute Gasteiger partial charge is 0.369 e. The van der Waals surface area contributed by atoms with Crippen LogP contribution in [0.2, 0.25) is 0 Å². The Kier molecular flexibility index (Phi) is 4.81. The lowest BCUT2D eigenvalue weighted by Crippen LogP contribution is -2.16. The number of nitrogens with one attached hydrogen (secondary N) is 2. The number of anilines is 2. The summed E-state index contributed by atoms with van der Waals surface area (Å²) >= 11 is 1.85. The fourth-order valence-electron chi connectivity index (χ4n) is 1.89. The highest BCUT2D eigenvalue weighted by Gasteiger charge is 2.08. The number of nitrogens with two attached hydrogens (primary N) is 1. The molecular weight excluding hydrogens is 258 g/mol. The van der Waals surface area contributed by atoms with Crippen LogP contribution in [0.3, 0.4) is 0 Å². The van der Waals surface area contributed by atoms with Crippen molar-refractivity contribution >= 4 is 34.4 Å². The van der Waals surface area contributed by atoms with E-state index in [0.717, 1.165) is 29.0 Å². The van der Waals surface area contributed by atoms with E-state index in [9.17, 15) is 0 Å². The molecule has 0 spiro atoms. The minimum Gasteiger partial charge on any atom is -0.369 e. The van der Waals surface area contributed by atoms with Crippen LogP contribution in [0.5, 0.6) is 0 Å². The number of benzene rings is 1. The number of para-hydroxylation sites is 1. The highest BCUT2D eigenvalue weighted by molar-refractivity contribution is 7.98. The van der Waals surface area contributed by atoms with Gasteiger partial charge in [0.15, 0.2) is 0 Å². The first-order chi connectivity index (χ1) is 9.24. The summed E-state index contributed by atoms with van der Waals surface area (Å²) in [6.45, 7) is 3.10. The van der Waals surface area contributed by atoms with Crippen LogP contribution < -0.4 is 16.6 Å². The third kappa shape index (κ3) is 3.48. The number of nitrogens with zero attached hydrogens (tertiary/aromatic N) is 2. The first kappa shape index (κ1) is 13.9. The van der Waals surface area contributed by atoms with E-state index in [-0.39, 0.29) is 0 Å². The van der Waals surface area contributed by atoms with Gasteiger partial charge < -0.3 is 5.32 Å². The van der Waals surface area contributed by atoms with Crippen LogP contribution in [0.15, 0.2) is 24.3 Å². The van der Waals surface area contributed by atoms with Gasteiger partial charge in [-0.05, 0) is 30.1 Å². The third-order valence-corrected chi connectivity index (χ3v) is 3.70. The summed E-state index contributed by atoms with van der Waals surface area (Å²) in [6.07, 6.45) is 2.12. The van der Waals surface area contributed by atoms with Gasteiger partial charge in [-0.15, -0.1) is 0 Å². The van der Waals surface area contributed by atoms with Crippen LogP contribution in [0.25, 0.3) is 10.9 Å². The molecule has 5 nitrogen and oxygen atoms in total. The van der Waals surface area contributed by atoms with Crippen molar-refractivity contribution in [1.82, 2.24) is 9.97 Å². The lowest BCUT2D eigenvalue weighted by molar-refractivity contribution is 0.700. The second-order valence-corrected chi connectivity index (χ2v) is 5.41. The van der Waals surface area contributed by atoms with Gasteiger partial charge in [-0.1, -0.05) is 19.1 Å². The molecule has 0 aliphatic carbocycles. The zero-order chi connectivity index (χ0) is 13.7. The molecule has 6 heteroatoms. The highest BCUT2D eigenvalue weighted by Crippen LogP contribution is 2.21. The zero-order valence-corrected chi connectivity index (χ0v) is 12.0. The molecule has 0 saturated carbocycles. The molecule has 1 heterocycles. The van der Waals surface area contributed by atoms with Crippen LogP contribution in [0.4, 0.5) is 11.8 Å². The normalized spacial score (nSPS) is 12.4. The molecule has 19 heavy (non-hydrogen) atoms. The molecule has 102 valence electrons. The summed E-state index contributed by atoms with van der Waals surface area (Å²) < 4.78 is 0. The van der Waals surface area contributed by atoms with Gasteiger partial charge in [-0.3, -0.25) is 5.43 Å². The lowest BCUT2D eigenvalue weighted by atomic mass is 10.2. The first-order valence-corrected chi connectivity index (χ1v) is 7.60. The van der Waals surface area contributed by atoms with Crippen molar-refractivity contribution in [1.29, 1.82) is 0 Å². The molecular formula is C13H19N5S. The van der Waals surface area contributed by atoms with E-state index in [0.29, 0.717) is 11.9 Å². The molecule has 4 N–H and O–H groups in total. The molecule has 0 bridgehead atoms. The molecule has 0 saturated heterocycles. The maximum Gasteiger partial charge on any atom is 0.239 e. The molecule has 1 unspecified atom stereocenters. The Morgan fingerprint density at radius 3 is 2.84 bits per heavy atom. The molecule has 2 rings (SSSR count). The van der Waals surface area contributed by atoms with Crippen LogP contribution in [0, 0.1) is 5.92 Å². The maximum absolute atomic E-state index is 5.41. The number of aromatic nitrogens is 2. The van der Waals surface area contributed by atoms with Crippen LogP contribution in [0.1, 0.15) is 6.92 Å². The first-order valence-electron chi connectivity index (χ1n) is 6.20. The Balaban J connectivity index is 2.25. The Labute approximate surface area is 117 Å². The number of hydrogen-bond acceptors (Lipinski definition) is 6. The molecule has 1 atom stereocenters. The van der Waals surface area contributed by atoms with Gasteiger partial charge in [0.05, 0.1) is 5.52 Å². The van der Waals surface area contributed by atoms with Crippen LogP contribution >= 0.6 is 11.8 Å². The lowest BCUT2D eigenvalue weighted by Gasteiger charge is -2.14. The quantitative estimate of drug-likeness (QED) is 0.556. The van der Waals surface area contributed by atoms with E-state index in [1.165, 1.54) is 0 Å². The summed E-state index contributed by atoms with van der Waals surface area (Å²) in [5, 5.41) is 4.40. The van der Waals surface area contributed by atoms with Gasteiger partial charge >= 0.3 is 0 Å². The summed E-state index contributed by atoms with van der Waals surface area (Å²) in [5.74, 6) is 8.37. The average molecular weight is 277 g/mol. The minimum absolute atomic E-state index is 0.429. The summed E-state index contributed by atoms with van der Waals surface area (Å²) in [6, 6.07) is 7.90. The van der Waals surface area contributed by atoms with E-state index in [4.69, 9.17) is 5.84 Å². The summed E-state index contributed by atoms with van der Waals surface area (Å²) in [5.41, 5.74) is 3.39. The number of rotatable bonds is 6. The van der Waals surface area contributed by atoms with Gasteiger partial charge in [0.2, 0.25) is 5.95 Å². The fourth-order valence-corrected chi connectivity index (χ4v) is 2.58. The SMILES string of the molecule is CSCC(C)CNc1nc(NN)nc2ccccc12. The number of nitrogen functional groups attached to an aromatic ring is 1. The second kappa shape index (κ2) is 6.58. The molecule has 0 fully saturated rings. The highest BCUT2D eigenvalue weighted by atomic mass is 32.2. The third-order valence-electron chi connectivity index (χ3n) is 2.80. The second-order valence-electron chi connectivity index (χ2n) is 4.50. The van der Waals surface area contributed by atoms with Gasteiger partial charge in [-0.2, -0.15) is 16.7 Å². The van der Waals surface area contributed by atoms with Crippen molar-refractivity contribution in [3.05, 3.63) is 24.3 Å². The zero-order valence-electron chi connectivity index (χ0n) is 11.2. The van der Waals surface area contributed by atoms with Gasteiger partial charge in [-0.25, -0.2) is 10.8 Å². The topological polar surface area (TPSA) is 75.9 Å². The molecule has 0 amide bonds. The Bertz CT molecular complexity index is 546. The van der Waals surface area contributed by atoms with Gasteiger partial charge in [0.25, 0.3) is 0 Å². The average Bonchev–Trinajstić information content (AvgIpc) is 2.44. The summed E-state index contributed by atoms with van der Waals surface area (Å²) in [4.78, 5) is 8.71. The molecule has 0 radical (unpaired) electrons. The Hall–Kier alpha value is -1.53. The molecule has 1 aromatic carbocycles. The van der Waals surface area contributed by atoms with Crippen molar-refractivity contribution < 1.29 is 0 Å². The number of thioether (sulfide) groups is 1. The van der Waals surface area contributed by atoms with Crippen LogP contribution in [-0.4, -0.2) is 28.5 Å². The monoisotopic (exact) mass is 277 g/mol.